The monoisotopic (exact) mass is 317 g/mol. The summed E-state index contributed by atoms with van der Waals surface area (Å²) in [7, 11) is 0. The molecule has 0 aliphatic carbocycles. The lowest BCUT2D eigenvalue weighted by atomic mass is 9.93. The molecule has 0 fully saturated rings. The van der Waals surface area contributed by atoms with E-state index in [1.165, 1.54) is 24.3 Å². The first-order valence-corrected chi connectivity index (χ1v) is 6.70. The van der Waals surface area contributed by atoms with Crippen molar-refractivity contribution < 1.29 is 14.0 Å². The maximum Gasteiger partial charge on any atom is 0.258 e. The highest BCUT2D eigenvalue weighted by Crippen LogP contribution is 2.28. The van der Waals surface area contributed by atoms with E-state index < -0.39 is 29.1 Å². The van der Waals surface area contributed by atoms with Crippen molar-refractivity contribution in [3.8, 4) is 0 Å². The fourth-order valence-electron chi connectivity index (χ4n) is 2.34. The van der Waals surface area contributed by atoms with Gasteiger partial charge in [0.1, 0.15) is 11.6 Å². The Hall–Kier alpha value is -3.23. The number of aromatic amines is 1. The molecule has 2 aromatic rings. The average Bonchev–Trinajstić information content (AvgIpc) is 2.48. The Balaban J connectivity index is 1.99. The first kappa shape index (κ1) is 14.7. The van der Waals surface area contributed by atoms with E-state index in [9.17, 15) is 18.8 Å². The molecular weight excluding hydrogens is 305 g/mol. The zero-order valence-corrected chi connectivity index (χ0v) is 11.7. The van der Waals surface area contributed by atoms with E-state index in [2.05, 4.69) is 20.6 Å². The minimum Gasteiger partial charge on any atom is -0.369 e. The molecule has 0 radical (unpaired) electrons. The fraction of sp³-hybridized carbons (Fsp3) is 0.143. The lowest BCUT2D eigenvalue weighted by molar-refractivity contribution is -0.124. The van der Waals surface area contributed by atoms with Crippen LogP contribution < -0.4 is 21.9 Å². The summed E-state index contributed by atoms with van der Waals surface area (Å²) in [5, 5.41) is 5.22. The second-order valence-electron chi connectivity index (χ2n) is 5.02. The molecule has 0 unspecified atom stereocenters. The molecule has 118 valence electrons. The van der Waals surface area contributed by atoms with Gasteiger partial charge in [-0.1, -0.05) is 0 Å². The van der Waals surface area contributed by atoms with E-state index >= 15 is 0 Å². The van der Waals surface area contributed by atoms with Gasteiger partial charge in [-0.3, -0.25) is 19.4 Å². The lowest BCUT2D eigenvalue weighted by Crippen LogP contribution is -2.36. The SMILES string of the molecule is NC(=O)[C@H]1CC(=O)Nc2nc(Nc3ccc(F)cc3)[nH]c(=O)c21. The molecule has 5 N–H and O–H groups in total. The van der Waals surface area contributed by atoms with E-state index in [1.54, 1.807) is 0 Å². The summed E-state index contributed by atoms with van der Waals surface area (Å²) in [5.41, 5.74) is 5.18. The maximum atomic E-state index is 12.9. The molecule has 9 heteroatoms. The number of carbonyl (C=O) groups excluding carboxylic acids is 2. The number of carbonyl (C=O) groups is 2. The van der Waals surface area contributed by atoms with Gasteiger partial charge in [0.25, 0.3) is 5.56 Å². The van der Waals surface area contributed by atoms with Crippen LogP contribution in [0.3, 0.4) is 0 Å². The number of rotatable bonds is 3. The standard InChI is InChI=1S/C14H12FN5O3/c15-6-1-3-7(4-2-6)17-14-19-12-10(13(23)20-14)8(11(16)22)5-9(21)18-12/h1-4,8H,5H2,(H2,16,22)(H3,17,18,19,20,21,23)/t8-/m0/s1. The van der Waals surface area contributed by atoms with Crippen LogP contribution in [0.15, 0.2) is 29.1 Å². The summed E-state index contributed by atoms with van der Waals surface area (Å²) >= 11 is 0. The number of nitrogens with zero attached hydrogens (tertiary/aromatic N) is 1. The van der Waals surface area contributed by atoms with Gasteiger partial charge in [-0.15, -0.1) is 0 Å². The normalized spacial score (nSPS) is 16.4. The van der Waals surface area contributed by atoms with Gasteiger partial charge in [0, 0.05) is 12.1 Å². The highest BCUT2D eigenvalue weighted by Gasteiger charge is 2.33. The first-order valence-electron chi connectivity index (χ1n) is 6.70. The van der Waals surface area contributed by atoms with Gasteiger partial charge >= 0.3 is 0 Å². The summed E-state index contributed by atoms with van der Waals surface area (Å²) < 4.78 is 12.9. The number of anilines is 3. The van der Waals surface area contributed by atoms with Crippen molar-refractivity contribution in [1.29, 1.82) is 0 Å². The van der Waals surface area contributed by atoms with Gasteiger partial charge < -0.3 is 16.4 Å². The van der Waals surface area contributed by atoms with Crippen LogP contribution in [0.5, 0.6) is 0 Å². The third-order valence-electron chi connectivity index (χ3n) is 3.40. The van der Waals surface area contributed by atoms with Crippen LogP contribution in [0.25, 0.3) is 0 Å². The summed E-state index contributed by atoms with van der Waals surface area (Å²) in [5.74, 6) is -2.61. The molecule has 2 amide bonds. The van der Waals surface area contributed by atoms with Crippen LogP contribution in [0.2, 0.25) is 0 Å². The van der Waals surface area contributed by atoms with Gasteiger partial charge in [0.05, 0.1) is 11.5 Å². The minimum atomic E-state index is -1.02. The van der Waals surface area contributed by atoms with Crippen LogP contribution in [-0.4, -0.2) is 21.8 Å². The molecule has 3 rings (SSSR count). The van der Waals surface area contributed by atoms with Crippen molar-refractivity contribution in [3.05, 3.63) is 46.0 Å². The van der Waals surface area contributed by atoms with Crippen LogP contribution in [0.1, 0.15) is 17.9 Å². The molecule has 0 spiro atoms. The van der Waals surface area contributed by atoms with Gasteiger partial charge in [-0.2, -0.15) is 4.98 Å². The number of hydrogen-bond donors (Lipinski definition) is 4. The summed E-state index contributed by atoms with van der Waals surface area (Å²) in [4.78, 5) is 41.8. The smallest absolute Gasteiger partial charge is 0.258 e. The van der Waals surface area contributed by atoms with E-state index in [4.69, 9.17) is 5.73 Å². The lowest BCUT2D eigenvalue weighted by Gasteiger charge is -2.21. The third-order valence-corrected chi connectivity index (χ3v) is 3.40. The number of benzene rings is 1. The van der Waals surface area contributed by atoms with Gasteiger partial charge in [-0.05, 0) is 24.3 Å². The van der Waals surface area contributed by atoms with E-state index in [0.29, 0.717) is 5.69 Å². The van der Waals surface area contributed by atoms with Crippen molar-refractivity contribution in [2.45, 2.75) is 12.3 Å². The molecule has 1 aromatic carbocycles. The molecule has 0 saturated carbocycles. The topological polar surface area (TPSA) is 130 Å². The number of H-pyrrole nitrogens is 1. The number of primary amides is 1. The number of nitrogens with one attached hydrogen (secondary N) is 3. The highest BCUT2D eigenvalue weighted by molar-refractivity contribution is 5.99. The van der Waals surface area contributed by atoms with Crippen molar-refractivity contribution in [3.63, 3.8) is 0 Å². The van der Waals surface area contributed by atoms with Crippen LogP contribution in [0, 0.1) is 5.82 Å². The van der Waals surface area contributed by atoms with Crippen molar-refractivity contribution in [1.82, 2.24) is 9.97 Å². The Morgan fingerprint density at radius 2 is 2.00 bits per heavy atom. The van der Waals surface area contributed by atoms with Crippen LogP contribution in [-0.2, 0) is 9.59 Å². The Labute approximate surface area is 128 Å². The molecule has 2 heterocycles. The number of fused-ring (bicyclic) bond motifs is 1. The van der Waals surface area contributed by atoms with Crippen LogP contribution in [0.4, 0.5) is 21.8 Å². The molecule has 1 aromatic heterocycles. The summed E-state index contributed by atoms with van der Waals surface area (Å²) in [6.45, 7) is 0. The Morgan fingerprint density at radius 3 is 2.65 bits per heavy atom. The average molecular weight is 317 g/mol. The van der Waals surface area contributed by atoms with Crippen molar-refractivity contribution in [2.75, 3.05) is 10.6 Å². The number of amides is 2. The van der Waals surface area contributed by atoms with E-state index in [1.807, 2.05) is 0 Å². The molecule has 1 aliphatic heterocycles. The number of halogens is 1. The van der Waals surface area contributed by atoms with Gasteiger partial charge in [0.2, 0.25) is 17.8 Å². The predicted molar refractivity (Wildman–Crippen MR) is 79.7 cm³/mol. The Bertz CT molecular complexity index is 846. The molecule has 1 aliphatic rings. The molecule has 23 heavy (non-hydrogen) atoms. The quantitative estimate of drug-likeness (QED) is 0.657. The Kier molecular flexibility index (Phi) is 3.53. The molecule has 0 saturated heterocycles. The van der Waals surface area contributed by atoms with Gasteiger partial charge in [-0.25, -0.2) is 4.39 Å². The first-order chi connectivity index (χ1) is 10.9. The molecule has 1 atom stereocenters. The fourth-order valence-corrected chi connectivity index (χ4v) is 2.34. The number of nitrogens with two attached hydrogens (primary N) is 1. The van der Waals surface area contributed by atoms with E-state index in [0.717, 1.165) is 0 Å². The predicted octanol–water partition coefficient (Wildman–Crippen LogP) is 0.564. The molecule has 8 nitrogen and oxygen atoms in total. The Morgan fingerprint density at radius 1 is 1.30 bits per heavy atom. The van der Waals surface area contributed by atoms with Crippen molar-refractivity contribution >= 4 is 29.3 Å². The summed E-state index contributed by atoms with van der Waals surface area (Å²) in [6, 6.07) is 5.40. The largest absolute Gasteiger partial charge is 0.369 e. The van der Waals surface area contributed by atoms with Crippen LogP contribution >= 0.6 is 0 Å². The van der Waals surface area contributed by atoms with Gasteiger partial charge in [0.15, 0.2) is 0 Å². The second kappa shape index (κ2) is 5.52. The zero-order valence-electron chi connectivity index (χ0n) is 11.7. The van der Waals surface area contributed by atoms with Crippen molar-refractivity contribution in [2.24, 2.45) is 5.73 Å². The highest BCUT2D eigenvalue weighted by atomic mass is 19.1. The summed E-state index contributed by atoms with van der Waals surface area (Å²) in [6.07, 6.45) is -0.197. The molecule has 0 bridgehead atoms. The molecular formula is C14H12FN5O3. The third kappa shape index (κ3) is 2.89. The number of aromatic nitrogens is 2. The van der Waals surface area contributed by atoms with E-state index in [-0.39, 0.29) is 23.8 Å². The zero-order chi connectivity index (χ0) is 16.6. The maximum absolute atomic E-state index is 12.9. The minimum absolute atomic E-state index is 0.0154. The number of hydrogen-bond acceptors (Lipinski definition) is 5. The second-order valence-corrected chi connectivity index (χ2v) is 5.02.